The highest BCUT2D eigenvalue weighted by molar-refractivity contribution is 7.18. The second-order valence-corrected chi connectivity index (χ2v) is 6.17. The fraction of sp³-hybridized carbons (Fsp3) is 0.333. The van der Waals surface area contributed by atoms with E-state index in [1.54, 1.807) is 7.05 Å². The second-order valence-electron chi connectivity index (χ2n) is 5.17. The van der Waals surface area contributed by atoms with Crippen molar-refractivity contribution in [2.45, 2.75) is 25.8 Å². The number of nitrogen functional groups attached to an aromatic ring is 1. The molecule has 2 aromatic rings. The lowest BCUT2D eigenvalue weighted by molar-refractivity contribution is 0.0980. The number of anilines is 3. The highest BCUT2D eigenvalue weighted by Crippen LogP contribution is 2.34. The first-order valence-corrected chi connectivity index (χ1v) is 7.79. The lowest BCUT2D eigenvalue weighted by atomic mass is 9.96. The number of nitrogens with two attached hydrogens (primary N) is 1. The molecule has 1 aromatic carbocycles. The number of hydrogen-bond donors (Lipinski definition) is 2. The number of thiazole rings is 1. The summed E-state index contributed by atoms with van der Waals surface area (Å²) >= 11 is 1.30. The topological polar surface area (TPSA) is 71.2 Å². The summed E-state index contributed by atoms with van der Waals surface area (Å²) in [6.45, 7) is 2.07. The van der Waals surface area contributed by atoms with Crippen LogP contribution in [-0.4, -0.2) is 24.0 Å². The van der Waals surface area contributed by atoms with E-state index < -0.39 is 0 Å². The van der Waals surface area contributed by atoms with Crippen molar-refractivity contribution >= 4 is 33.9 Å². The highest BCUT2D eigenvalue weighted by Gasteiger charge is 2.31. The molecule has 110 valence electrons. The van der Waals surface area contributed by atoms with Gasteiger partial charge < -0.3 is 16.0 Å². The van der Waals surface area contributed by atoms with Crippen molar-refractivity contribution in [3.63, 3.8) is 0 Å². The van der Waals surface area contributed by atoms with Gasteiger partial charge in [0.2, 0.25) is 0 Å². The Kier molecular flexibility index (Phi) is 3.55. The van der Waals surface area contributed by atoms with Crippen LogP contribution in [0.2, 0.25) is 0 Å². The van der Waals surface area contributed by atoms with Gasteiger partial charge in [-0.2, -0.15) is 0 Å². The van der Waals surface area contributed by atoms with Crippen LogP contribution < -0.4 is 16.0 Å². The third-order valence-corrected chi connectivity index (χ3v) is 4.88. The number of aryl methyl sites for hydroxylation is 1. The molecule has 0 saturated carbocycles. The molecule has 1 aliphatic heterocycles. The fourth-order valence-corrected chi connectivity index (χ4v) is 3.47. The molecule has 0 bridgehead atoms. The first-order valence-electron chi connectivity index (χ1n) is 6.97. The summed E-state index contributed by atoms with van der Waals surface area (Å²) in [5.74, 6) is 0.232. The van der Waals surface area contributed by atoms with Crippen molar-refractivity contribution in [2.24, 2.45) is 0 Å². The van der Waals surface area contributed by atoms with Crippen LogP contribution in [-0.2, 0) is 6.42 Å². The Morgan fingerprint density at radius 3 is 2.95 bits per heavy atom. The molecule has 21 heavy (non-hydrogen) atoms. The van der Waals surface area contributed by atoms with Crippen LogP contribution in [0.1, 0.15) is 28.6 Å². The Morgan fingerprint density at radius 2 is 2.24 bits per heavy atom. The summed E-state index contributed by atoms with van der Waals surface area (Å²) in [4.78, 5) is 19.4. The Balaban J connectivity index is 2.02. The third-order valence-electron chi connectivity index (χ3n) is 3.80. The maximum atomic E-state index is 12.9. The van der Waals surface area contributed by atoms with Gasteiger partial charge in [-0.3, -0.25) is 4.79 Å². The third kappa shape index (κ3) is 2.35. The van der Waals surface area contributed by atoms with Gasteiger partial charge in [0, 0.05) is 18.8 Å². The van der Waals surface area contributed by atoms with Crippen LogP contribution in [0.5, 0.6) is 0 Å². The maximum absolute atomic E-state index is 12.9. The summed E-state index contributed by atoms with van der Waals surface area (Å²) in [5.41, 5.74) is 8.10. The minimum Gasteiger partial charge on any atom is -0.382 e. The van der Waals surface area contributed by atoms with Gasteiger partial charge in [0.05, 0.1) is 0 Å². The second kappa shape index (κ2) is 5.37. The summed E-state index contributed by atoms with van der Waals surface area (Å²) < 4.78 is 0. The molecule has 0 spiro atoms. The van der Waals surface area contributed by atoms with E-state index in [0.29, 0.717) is 15.8 Å². The molecule has 1 amide bonds. The Morgan fingerprint density at radius 1 is 1.48 bits per heavy atom. The predicted octanol–water partition coefficient (Wildman–Crippen LogP) is 2.75. The van der Waals surface area contributed by atoms with E-state index in [9.17, 15) is 4.79 Å². The van der Waals surface area contributed by atoms with Gasteiger partial charge in [-0.1, -0.05) is 29.5 Å². The number of carbonyl (C=O) groups excluding carboxylic acids is 1. The molecule has 0 saturated heterocycles. The van der Waals surface area contributed by atoms with Crippen LogP contribution in [0.15, 0.2) is 24.3 Å². The van der Waals surface area contributed by atoms with Crippen molar-refractivity contribution in [1.29, 1.82) is 0 Å². The highest BCUT2D eigenvalue weighted by atomic mass is 32.1. The fourth-order valence-electron chi connectivity index (χ4n) is 2.70. The molecule has 3 N–H and O–H groups in total. The van der Waals surface area contributed by atoms with Crippen molar-refractivity contribution in [1.82, 2.24) is 4.98 Å². The molecule has 0 radical (unpaired) electrons. The number of aromatic nitrogens is 1. The maximum Gasteiger partial charge on any atom is 0.272 e. The summed E-state index contributed by atoms with van der Waals surface area (Å²) in [7, 11) is 1.77. The average molecular weight is 302 g/mol. The number of hydrogen-bond acceptors (Lipinski definition) is 5. The van der Waals surface area contributed by atoms with E-state index in [4.69, 9.17) is 5.73 Å². The van der Waals surface area contributed by atoms with Gasteiger partial charge in [0.25, 0.3) is 5.91 Å². The van der Waals surface area contributed by atoms with Gasteiger partial charge in [0.15, 0.2) is 5.13 Å². The standard InChI is InChI=1S/C15H18N4OS/c1-9-7-8-10-5-3-4-6-11(10)19(9)14(20)12-13(16)18-15(17-2)21-12/h3-6,9H,7-8,16H2,1-2H3,(H,17,18). The van der Waals surface area contributed by atoms with Gasteiger partial charge in [-0.05, 0) is 31.4 Å². The minimum atomic E-state index is -0.0637. The summed E-state index contributed by atoms with van der Waals surface area (Å²) in [5, 5.41) is 3.59. The zero-order valence-electron chi connectivity index (χ0n) is 12.1. The first kappa shape index (κ1) is 13.9. The molecule has 1 aromatic heterocycles. The van der Waals surface area contributed by atoms with E-state index >= 15 is 0 Å². The zero-order chi connectivity index (χ0) is 15.0. The van der Waals surface area contributed by atoms with Crippen LogP contribution in [0.3, 0.4) is 0 Å². The number of nitrogens with one attached hydrogen (secondary N) is 1. The Labute approximate surface area is 127 Å². The van der Waals surface area contributed by atoms with Gasteiger partial charge >= 0.3 is 0 Å². The molecule has 2 heterocycles. The molecule has 1 unspecified atom stereocenters. The average Bonchev–Trinajstić information content (AvgIpc) is 2.88. The van der Waals surface area contributed by atoms with Gasteiger partial charge in [-0.25, -0.2) is 4.98 Å². The quantitative estimate of drug-likeness (QED) is 0.895. The smallest absolute Gasteiger partial charge is 0.272 e. The number of carbonyl (C=O) groups is 1. The Hall–Kier alpha value is -2.08. The van der Waals surface area contributed by atoms with Crippen molar-refractivity contribution in [3.8, 4) is 0 Å². The number of para-hydroxylation sites is 1. The number of amides is 1. The number of benzene rings is 1. The number of fused-ring (bicyclic) bond motifs is 1. The van der Waals surface area contributed by atoms with E-state index in [0.717, 1.165) is 18.5 Å². The van der Waals surface area contributed by atoms with E-state index in [1.807, 2.05) is 23.1 Å². The van der Waals surface area contributed by atoms with E-state index in [2.05, 4.69) is 23.3 Å². The monoisotopic (exact) mass is 302 g/mol. The Bertz CT molecular complexity index is 682. The molecule has 5 nitrogen and oxygen atoms in total. The molecular formula is C15H18N4OS. The van der Waals surface area contributed by atoms with Crippen molar-refractivity contribution in [3.05, 3.63) is 34.7 Å². The molecule has 0 aliphatic carbocycles. The van der Waals surface area contributed by atoms with E-state index in [-0.39, 0.29) is 11.9 Å². The van der Waals surface area contributed by atoms with Crippen molar-refractivity contribution in [2.75, 3.05) is 23.0 Å². The SMILES string of the molecule is CNc1nc(N)c(C(=O)N2c3ccccc3CCC2C)s1. The zero-order valence-corrected chi connectivity index (χ0v) is 12.9. The minimum absolute atomic E-state index is 0.0637. The van der Waals surface area contributed by atoms with Crippen LogP contribution in [0.4, 0.5) is 16.6 Å². The molecule has 3 rings (SSSR count). The summed E-state index contributed by atoms with van der Waals surface area (Å²) in [6, 6.07) is 8.21. The summed E-state index contributed by atoms with van der Waals surface area (Å²) in [6.07, 6.45) is 1.96. The van der Waals surface area contributed by atoms with Crippen LogP contribution in [0, 0.1) is 0 Å². The molecule has 1 aliphatic rings. The lowest BCUT2D eigenvalue weighted by Gasteiger charge is -2.35. The van der Waals surface area contributed by atoms with Crippen molar-refractivity contribution < 1.29 is 4.79 Å². The molecule has 6 heteroatoms. The van der Waals surface area contributed by atoms with Gasteiger partial charge in [-0.15, -0.1) is 0 Å². The predicted molar refractivity (Wildman–Crippen MR) is 87.1 cm³/mol. The largest absolute Gasteiger partial charge is 0.382 e. The van der Waals surface area contributed by atoms with Gasteiger partial charge in [0.1, 0.15) is 10.7 Å². The number of nitrogens with zero attached hydrogens (tertiary/aromatic N) is 2. The van der Waals surface area contributed by atoms with E-state index in [1.165, 1.54) is 16.9 Å². The first-order chi connectivity index (χ1) is 10.1. The van der Waals surface area contributed by atoms with Crippen LogP contribution >= 0.6 is 11.3 Å². The lowest BCUT2D eigenvalue weighted by Crippen LogP contribution is -2.42. The normalized spacial score (nSPS) is 17.4. The molecule has 0 fully saturated rings. The molecular weight excluding hydrogens is 284 g/mol. The number of rotatable bonds is 2. The molecule has 1 atom stereocenters. The van der Waals surface area contributed by atoms with Crippen LogP contribution in [0.25, 0.3) is 0 Å².